The summed E-state index contributed by atoms with van der Waals surface area (Å²) in [6, 6.07) is 10.00. The molecule has 0 saturated carbocycles. The summed E-state index contributed by atoms with van der Waals surface area (Å²) in [5.74, 6) is -1.29. The van der Waals surface area contributed by atoms with Gasteiger partial charge in [-0.25, -0.2) is 4.79 Å². The molecule has 0 spiro atoms. The SMILES string of the molecule is Cc1ccccc1C1(C)NC(=O)N(CC(=O)Nc2cc([N+](=O)[O-])ccc2Cl)C1=O. The lowest BCUT2D eigenvalue weighted by Crippen LogP contribution is -2.42. The number of non-ortho nitro benzene ring substituents is 1. The molecule has 1 unspecified atom stereocenters. The van der Waals surface area contributed by atoms with E-state index in [2.05, 4.69) is 10.6 Å². The molecule has 1 saturated heterocycles. The van der Waals surface area contributed by atoms with E-state index in [1.54, 1.807) is 19.1 Å². The van der Waals surface area contributed by atoms with Gasteiger partial charge in [0.15, 0.2) is 0 Å². The van der Waals surface area contributed by atoms with Crippen molar-refractivity contribution >= 4 is 40.8 Å². The second-order valence-corrected chi connectivity index (χ2v) is 7.14. The molecule has 150 valence electrons. The van der Waals surface area contributed by atoms with Crippen molar-refractivity contribution in [2.75, 3.05) is 11.9 Å². The van der Waals surface area contributed by atoms with Crippen LogP contribution in [0.5, 0.6) is 0 Å². The van der Waals surface area contributed by atoms with E-state index >= 15 is 0 Å². The lowest BCUT2D eigenvalue weighted by Gasteiger charge is -2.24. The molecule has 10 heteroatoms. The normalized spacial score (nSPS) is 18.5. The first-order chi connectivity index (χ1) is 13.6. The van der Waals surface area contributed by atoms with Crippen LogP contribution in [-0.2, 0) is 15.1 Å². The smallest absolute Gasteiger partial charge is 0.323 e. The number of imide groups is 1. The van der Waals surface area contributed by atoms with Crippen molar-refractivity contribution in [3.8, 4) is 0 Å². The first-order valence-electron chi connectivity index (χ1n) is 8.57. The minimum atomic E-state index is -1.30. The van der Waals surface area contributed by atoms with Crippen LogP contribution in [0.2, 0.25) is 5.02 Å². The second-order valence-electron chi connectivity index (χ2n) is 6.73. The van der Waals surface area contributed by atoms with Gasteiger partial charge in [0.1, 0.15) is 12.1 Å². The van der Waals surface area contributed by atoms with Gasteiger partial charge in [-0.05, 0) is 31.0 Å². The molecule has 0 aromatic heterocycles. The number of halogens is 1. The third kappa shape index (κ3) is 3.77. The third-order valence-electron chi connectivity index (χ3n) is 4.70. The van der Waals surface area contributed by atoms with Crippen molar-refractivity contribution in [1.82, 2.24) is 10.2 Å². The minimum absolute atomic E-state index is 0.0135. The van der Waals surface area contributed by atoms with Crippen molar-refractivity contribution in [3.63, 3.8) is 0 Å². The van der Waals surface area contributed by atoms with Crippen molar-refractivity contribution in [1.29, 1.82) is 0 Å². The Labute approximate surface area is 170 Å². The predicted octanol–water partition coefficient (Wildman–Crippen LogP) is 2.96. The van der Waals surface area contributed by atoms with Crippen LogP contribution in [0, 0.1) is 17.0 Å². The first kappa shape index (κ1) is 20.3. The summed E-state index contributed by atoms with van der Waals surface area (Å²) in [7, 11) is 0. The van der Waals surface area contributed by atoms with Gasteiger partial charge >= 0.3 is 6.03 Å². The fourth-order valence-electron chi connectivity index (χ4n) is 3.21. The van der Waals surface area contributed by atoms with Crippen LogP contribution in [0.25, 0.3) is 0 Å². The van der Waals surface area contributed by atoms with E-state index in [-0.39, 0.29) is 16.4 Å². The summed E-state index contributed by atoms with van der Waals surface area (Å²) < 4.78 is 0. The molecule has 1 atom stereocenters. The maximum Gasteiger partial charge on any atom is 0.325 e. The molecule has 2 aromatic carbocycles. The average molecular weight is 417 g/mol. The number of carbonyl (C=O) groups excluding carboxylic acids is 3. The number of hydrogen-bond donors (Lipinski definition) is 2. The van der Waals surface area contributed by atoms with E-state index in [1.807, 2.05) is 19.1 Å². The number of rotatable bonds is 5. The highest BCUT2D eigenvalue weighted by Gasteiger charge is 2.50. The Hall–Kier alpha value is -3.46. The minimum Gasteiger partial charge on any atom is -0.323 e. The molecule has 0 aliphatic carbocycles. The summed E-state index contributed by atoms with van der Waals surface area (Å²) in [5.41, 5.74) is -0.0981. The van der Waals surface area contributed by atoms with Gasteiger partial charge < -0.3 is 10.6 Å². The Morgan fingerprint density at radius 3 is 2.62 bits per heavy atom. The van der Waals surface area contributed by atoms with Gasteiger partial charge in [-0.2, -0.15) is 0 Å². The summed E-state index contributed by atoms with van der Waals surface area (Å²) in [5, 5.41) is 16.0. The summed E-state index contributed by atoms with van der Waals surface area (Å²) in [6.07, 6.45) is 0. The molecule has 2 N–H and O–H groups in total. The predicted molar refractivity (Wildman–Crippen MR) is 106 cm³/mol. The Balaban J connectivity index is 1.79. The Bertz CT molecular complexity index is 1040. The van der Waals surface area contributed by atoms with E-state index in [9.17, 15) is 24.5 Å². The lowest BCUT2D eigenvalue weighted by atomic mass is 9.88. The number of urea groups is 1. The monoisotopic (exact) mass is 416 g/mol. The van der Waals surface area contributed by atoms with Gasteiger partial charge in [0.05, 0.1) is 15.6 Å². The number of amides is 4. The third-order valence-corrected chi connectivity index (χ3v) is 5.02. The van der Waals surface area contributed by atoms with Gasteiger partial charge in [0.2, 0.25) is 5.91 Å². The Morgan fingerprint density at radius 2 is 1.97 bits per heavy atom. The number of nitrogens with zero attached hydrogens (tertiary/aromatic N) is 2. The molecule has 3 rings (SSSR count). The van der Waals surface area contributed by atoms with Crippen LogP contribution in [0.1, 0.15) is 18.1 Å². The van der Waals surface area contributed by atoms with Gasteiger partial charge in [-0.3, -0.25) is 24.6 Å². The van der Waals surface area contributed by atoms with Crippen LogP contribution in [0.3, 0.4) is 0 Å². The average Bonchev–Trinajstić information content (AvgIpc) is 2.87. The highest BCUT2D eigenvalue weighted by molar-refractivity contribution is 6.33. The standard InChI is InChI=1S/C19H17ClN4O5/c1-11-5-3-4-6-13(11)19(2)17(26)23(18(27)22-19)10-16(25)21-15-9-12(24(28)29)7-8-14(15)20/h3-9H,10H2,1-2H3,(H,21,25)(H,22,27). The number of aryl methyl sites for hydroxylation is 1. The molecule has 0 bridgehead atoms. The fourth-order valence-corrected chi connectivity index (χ4v) is 3.38. The number of anilines is 1. The molecular weight excluding hydrogens is 400 g/mol. The maximum absolute atomic E-state index is 12.9. The molecular formula is C19H17ClN4O5. The molecule has 1 fully saturated rings. The van der Waals surface area contributed by atoms with E-state index in [4.69, 9.17) is 11.6 Å². The Morgan fingerprint density at radius 1 is 1.28 bits per heavy atom. The van der Waals surface area contributed by atoms with E-state index in [0.717, 1.165) is 16.5 Å². The number of carbonyl (C=O) groups is 3. The highest BCUT2D eigenvalue weighted by atomic mass is 35.5. The van der Waals surface area contributed by atoms with Crippen molar-refractivity contribution in [2.24, 2.45) is 0 Å². The zero-order chi connectivity index (χ0) is 21.3. The first-order valence-corrected chi connectivity index (χ1v) is 8.95. The van der Waals surface area contributed by atoms with E-state index in [1.165, 1.54) is 12.1 Å². The molecule has 29 heavy (non-hydrogen) atoms. The van der Waals surface area contributed by atoms with Crippen molar-refractivity contribution in [2.45, 2.75) is 19.4 Å². The maximum atomic E-state index is 12.9. The molecule has 1 aliphatic heterocycles. The fraction of sp³-hybridized carbons (Fsp3) is 0.211. The zero-order valence-electron chi connectivity index (χ0n) is 15.6. The number of nitrogens with one attached hydrogen (secondary N) is 2. The molecule has 4 amide bonds. The Kier molecular flexibility index (Phi) is 5.25. The van der Waals surface area contributed by atoms with Crippen molar-refractivity contribution < 1.29 is 19.3 Å². The number of hydrogen-bond acceptors (Lipinski definition) is 5. The molecule has 9 nitrogen and oxygen atoms in total. The molecule has 0 radical (unpaired) electrons. The van der Waals surface area contributed by atoms with E-state index in [0.29, 0.717) is 5.56 Å². The molecule has 2 aromatic rings. The number of nitro benzene ring substituents is 1. The summed E-state index contributed by atoms with van der Waals surface area (Å²) in [6.45, 7) is 2.83. The van der Waals surface area contributed by atoms with Crippen LogP contribution >= 0.6 is 11.6 Å². The van der Waals surface area contributed by atoms with Crippen LogP contribution in [-0.4, -0.2) is 34.2 Å². The van der Waals surface area contributed by atoms with Crippen molar-refractivity contribution in [3.05, 3.63) is 68.7 Å². The molecule has 1 heterocycles. The largest absolute Gasteiger partial charge is 0.325 e. The van der Waals surface area contributed by atoms with Crippen LogP contribution in [0.4, 0.5) is 16.2 Å². The van der Waals surface area contributed by atoms with Crippen LogP contribution < -0.4 is 10.6 Å². The topological polar surface area (TPSA) is 122 Å². The lowest BCUT2D eigenvalue weighted by molar-refractivity contribution is -0.384. The van der Waals surface area contributed by atoms with Gasteiger partial charge in [-0.1, -0.05) is 35.9 Å². The van der Waals surface area contributed by atoms with Crippen LogP contribution in [0.15, 0.2) is 42.5 Å². The highest BCUT2D eigenvalue weighted by Crippen LogP contribution is 2.31. The second kappa shape index (κ2) is 7.51. The molecule has 1 aliphatic rings. The quantitative estimate of drug-likeness (QED) is 0.441. The van der Waals surface area contributed by atoms with Gasteiger partial charge in [-0.15, -0.1) is 0 Å². The summed E-state index contributed by atoms with van der Waals surface area (Å²) >= 11 is 5.96. The van der Waals surface area contributed by atoms with Gasteiger partial charge in [0, 0.05) is 12.1 Å². The number of nitro groups is 1. The zero-order valence-corrected chi connectivity index (χ0v) is 16.3. The summed E-state index contributed by atoms with van der Waals surface area (Å²) in [4.78, 5) is 48.8. The number of benzene rings is 2. The van der Waals surface area contributed by atoms with E-state index < -0.39 is 34.9 Å². The van der Waals surface area contributed by atoms with Gasteiger partial charge in [0.25, 0.3) is 11.6 Å².